The molecule has 3 rings (SSSR count). The van der Waals surface area contributed by atoms with E-state index in [4.69, 9.17) is 9.47 Å². The summed E-state index contributed by atoms with van der Waals surface area (Å²) in [6.07, 6.45) is 8.52. The summed E-state index contributed by atoms with van der Waals surface area (Å²) in [6.45, 7) is 4.20. The molecule has 0 aliphatic carbocycles. The van der Waals surface area contributed by atoms with E-state index < -0.39 is 0 Å². The number of carbonyl (C=O) groups excluding carboxylic acids is 1. The van der Waals surface area contributed by atoms with Gasteiger partial charge in [0.25, 0.3) is 0 Å². The fourth-order valence-electron chi connectivity index (χ4n) is 3.99. The molecule has 2 aliphatic heterocycles. The Bertz CT molecular complexity index is 686. The lowest BCUT2D eigenvalue weighted by Crippen LogP contribution is -2.49. The van der Waals surface area contributed by atoms with E-state index >= 15 is 0 Å². The molecule has 8 nitrogen and oxygen atoms in total. The largest absolute Gasteiger partial charge is 0.376 e. The standard InChI is InChI=1S/C23H37N5O3/c1-24-23(26-17-22(29)27(2)13-9-19-7-3-5-12-25-19)28-14-10-20(11-15-28)31-18-21-8-4-6-16-30-21/h3,5,7,12,20-21H,4,6,8-11,13-18H2,1-2H3,(H,24,26). The molecule has 1 N–H and O–H groups in total. The molecular weight excluding hydrogens is 394 g/mol. The molecule has 0 spiro atoms. The van der Waals surface area contributed by atoms with Crippen molar-refractivity contribution in [1.29, 1.82) is 0 Å². The molecule has 2 aliphatic rings. The molecule has 0 bridgehead atoms. The third-order valence-electron chi connectivity index (χ3n) is 6.00. The van der Waals surface area contributed by atoms with Crippen LogP contribution >= 0.6 is 0 Å². The van der Waals surface area contributed by atoms with Crippen LogP contribution < -0.4 is 5.32 Å². The first-order chi connectivity index (χ1) is 15.2. The van der Waals surface area contributed by atoms with Gasteiger partial charge in [0.2, 0.25) is 5.91 Å². The lowest BCUT2D eigenvalue weighted by molar-refractivity contribution is -0.128. The van der Waals surface area contributed by atoms with Gasteiger partial charge in [-0.25, -0.2) is 0 Å². The molecule has 2 fully saturated rings. The number of likely N-dealkylation sites (N-methyl/N-ethyl adjacent to an activating group) is 1. The van der Waals surface area contributed by atoms with Gasteiger partial charge in [-0.15, -0.1) is 0 Å². The molecule has 3 heterocycles. The van der Waals surface area contributed by atoms with E-state index in [9.17, 15) is 4.79 Å². The predicted octanol–water partition coefficient (Wildman–Crippen LogP) is 1.71. The van der Waals surface area contributed by atoms with Gasteiger partial charge in [0.15, 0.2) is 5.96 Å². The number of nitrogens with zero attached hydrogens (tertiary/aromatic N) is 4. The van der Waals surface area contributed by atoms with Crippen LogP contribution in [-0.4, -0.2) is 92.3 Å². The number of pyridine rings is 1. The number of amides is 1. The summed E-state index contributed by atoms with van der Waals surface area (Å²) in [5, 5.41) is 3.22. The number of guanidine groups is 1. The number of aliphatic imine (C=N–C) groups is 1. The monoisotopic (exact) mass is 431 g/mol. The van der Waals surface area contributed by atoms with Crippen molar-refractivity contribution in [3.8, 4) is 0 Å². The van der Waals surface area contributed by atoms with Crippen molar-refractivity contribution in [3.63, 3.8) is 0 Å². The van der Waals surface area contributed by atoms with Crippen LogP contribution in [0.5, 0.6) is 0 Å². The summed E-state index contributed by atoms with van der Waals surface area (Å²) < 4.78 is 11.9. The third kappa shape index (κ3) is 7.78. The smallest absolute Gasteiger partial charge is 0.241 e. The quantitative estimate of drug-likeness (QED) is 0.499. The second-order valence-corrected chi connectivity index (χ2v) is 8.30. The Morgan fingerprint density at radius 1 is 1.32 bits per heavy atom. The number of piperidine rings is 1. The van der Waals surface area contributed by atoms with Crippen molar-refractivity contribution in [2.45, 2.75) is 50.7 Å². The minimum Gasteiger partial charge on any atom is -0.376 e. The highest BCUT2D eigenvalue weighted by atomic mass is 16.5. The molecule has 2 saturated heterocycles. The minimum absolute atomic E-state index is 0.0442. The summed E-state index contributed by atoms with van der Waals surface area (Å²) in [5.41, 5.74) is 0.992. The second kappa shape index (κ2) is 12.6. The maximum atomic E-state index is 12.5. The van der Waals surface area contributed by atoms with Crippen LogP contribution in [0, 0.1) is 0 Å². The first kappa shape index (κ1) is 23.5. The molecule has 0 saturated carbocycles. The average molecular weight is 432 g/mol. The molecule has 8 heteroatoms. The van der Waals surface area contributed by atoms with Gasteiger partial charge in [0.1, 0.15) is 0 Å². The van der Waals surface area contributed by atoms with Gasteiger partial charge in [0, 0.05) is 58.6 Å². The van der Waals surface area contributed by atoms with Crippen LogP contribution in [0.25, 0.3) is 0 Å². The topological polar surface area (TPSA) is 79.3 Å². The van der Waals surface area contributed by atoms with Gasteiger partial charge < -0.3 is 24.6 Å². The SMILES string of the molecule is CN=C(NCC(=O)N(C)CCc1ccccn1)N1CCC(OCC2CCCCO2)CC1. The van der Waals surface area contributed by atoms with Crippen molar-refractivity contribution in [1.82, 2.24) is 20.1 Å². The first-order valence-corrected chi connectivity index (χ1v) is 11.5. The molecular formula is C23H37N5O3. The van der Waals surface area contributed by atoms with E-state index in [1.54, 1.807) is 18.1 Å². The highest BCUT2D eigenvalue weighted by molar-refractivity contribution is 5.86. The summed E-state index contributed by atoms with van der Waals surface area (Å²) in [7, 11) is 3.59. The number of hydrogen-bond donors (Lipinski definition) is 1. The van der Waals surface area contributed by atoms with Crippen LogP contribution in [0.2, 0.25) is 0 Å². The molecule has 1 aromatic rings. The Balaban J connectivity index is 1.33. The third-order valence-corrected chi connectivity index (χ3v) is 6.00. The highest BCUT2D eigenvalue weighted by Gasteiger charge is 2.24. The molecule has 172 valence electrons. The molecule has 0 radical (unpaired) electrons. The van der Waals surface area contributed by atoms with Crippen LogP contribution in [0.1, 0.15) is 37.8 Å². The van der Waals surface area contributed by atoms with E-state index in [2.05, 4.69) is 20.2 Å². The molecule has 1 aromatic heterocycles. The van der Waals surface area contributed by atoms with Gasteiger partial charge >= 0.3 is 0 Å². The Kier molecular flexibility index (Phi) is 9.55. The summed E-state index contributed by atoms with van der Waals surface area (Å²) in [6, 6.07) is 5.84. The van der Waals surface area contributed by atoms with Gasteiger partial charge in [-0.05, 0) is 44.2 Å². The Morgan fingerprint density at radius 2 is 2.16 bits per heavy atom. The van der Waals surface area contributed by atoms with Gasteiger partial charge in [-0.2, -0.15) is 0 Å². The van der Waals surface area contributed by atoms with Crippen molar-refractivity contribution >= 4 is 11.9 Å². The highest BCUT2D eigenvalue weighted by Crippen LogP contribution is 2.17. The van der Waals surface area contributed by atoms with Crippen molar-refractivity contribution in [2.24, 2.45) is 4.99 Å². The minimum atomic E-state index is 0.0442. The average Bonchev–Trinajstić information content (AvgIpc) is 2.83. The number of nitrogens with one attached hydrogen (secondary N) is 1. The molecule has 1 unspecified atom stereocenters. The van der Waals surface area contributed by atoms with Crippen molar-refractivity contribution in [3.05, 3.63) is 30.1 Å². The Morgan fingerprint density at radius 3 is 2.84 bits per heavy atom. The van der Waals surface area contributed by atoms with Crippen molar-refractivity contribution < 1.29 is 14.3 Å². The summed E-state index contributed by atoms with van der Waals surface area (Å²) in [4.78, 5) is 25.1. The number of ether oxygens (including phenoxy) is 2. The van der Waals surface area contributed by atoms with Crippen LogP contribution in [-0.2, 0) is 20.7 Å². The fraction of sp³-hybridized carbons (Fsp3) is 0.696. The molecule has 1 amide bonds. The first-order valence-electron chi connectivity index (χ1n) is 11.5. The number of rotatable bonds is 8. The Hall–Kier alpha value is -2.19. The number of likely N-dealkylation sites (tertiary alicyclic amines) is 1. The Labute approximate surface area is 186 Å². The maximum absolute atomic E-state index is 12.5. The number of hydrogen-bond acceptors (Lipinski definition) is 5. The van der Waals surface area contributed by atoms with Crippen LogP contribution in [0.15, 0.2) is 29.4 Å². The van der Waals surface area contributed by atoms with E-state index in [1.807, 2.05) is 25.2 Å². The zero-order valence-corrected chi connectivity index (χ0v) is 19.0. The maximum Gasteiger partial charge on any atom is 0.241 e. The van der Waals surface area contributed by atoms with E-state index in [1.165, 1.54) is 12.8 Å². The molecule has 0 aromatic carbocycles. The summed E-state index contributed by atoms with van der Waals surface area (Å²) in [5.74, 6) is 0.823. The van der Waals surface area contributed by atoms with Gasteiger partial charge in [0.05, 0.1) is 25.4 Å². The lowest BCUT2D eigenvalue weighted by Gasteiger charge is -2.35. The van der Waals surface area contributed by atoms with Gasteiger partial charge in [-0.3, -0.25) is 14.8 Å². The second-order valence-electron chi connectivity index (χ2n) is 8.30. The molecule has 31 heavy (non-hydrogen) atoms. The summed E-state index contributed by atoms with van der Waals surface area (Å²) >= 11 is 0. The van der Waals surface area contributed by atoms with E-state index in [0.29, 0.717) is 13.2 Å². The van der Waals surface area contributed by atoms with Crippen LogP contribution in [0.3, 0.4) is 0 Å². The normalized spacial score (nSPS) is 20.5. The van der Waals surface area contributed by atoms with Crippen LogP contribution in [0.4, 0.5) is 0 Å². The zero-order chi connectivity index (χ0) is 21.9. The molecule has 1 atom stereocenters. The number of carbonyl (C=O) groups is 1. The zero-order valence-electron chi connectivity index (χ0n) is 19.0. The van der Waals surface area contributed by atoms with E-state index in [-0.39, 0.29) is 24.7 Å². The van der Waals surface area contributed by atoms with E-state index in [0.717, 1.165) is 57.0 Å². The lowest BCUT2D eigenvalue weighted by atomic mass is 10.1. The van der Waals surface area contributed by atoms with Crippen molar-refractivity contribution in [2.75, 3.05) is 53.5 Å². The fourth-order valence-corrected chi connectivity index (χ4v) is 3.99. The number of aromatic nitrogens is 1. The predicted molar refractivity (Wildman–Crippen MR) is 121 cm³/mol. The van der Waals surface area contributed by atoms with Gasteiger partial charge in [-0.1, -0.05) is 6.07 Å².